The average molecular weight is 325 g/mol. The molecule has 7 nitrogen and oxygen atoms in total. The van der Waals surface area contributed by atoms with Crippen molar-refractivity contribution in [2.75, 3.05) is 12.3 Å². The number of hydrogen-bond acceptors (Lipinski definition) is 5. The van der Waals surface area contributed by atoms with Gasteiger partial charge in [0, 0.05) is 25.4 Å². The molecule has 2 heterocycles. The Bertz CT molecular complexity index is 888. The highest BCUT2D eigenvalue weighted by atomic mass is 16.5. The third kappa shape index (κ3) is 3.01. The number of anilines is 1. The second-order valence-corrected chi connectivity index (χ2v) is 5.39. The molecule has 0 saturated carbocycles. The van der Waals surface area contributed by atoms with Crippen molar-refractivity contribution in [2.45, 2.75) is 13.5 Å². The lowest BCUT2D eigenvalue weighted by atomic mass is 10.0. The van der Waals surface area contributed by atoms with Gasteiger partial charge in [0.1, 0.15) is 17.8 Å². The summed E-state index contributed by atoms with van der Waals surface area (Å²) in [5.41, 5.74) is 9.74. The number of amides is 1. The van der Waals surface area contributed by atoms with Crippen LogP contribution in [0.3, 0.4) is 0 Å². The van der Waals surface area contributed by atoms with Gasteiger partial charge in [0.25, 0.3) is 0 Å². The first kappa shape index (κ1) is 15.8. The second-order valence-electron chi connectivity index (χ2n) is 5.39. The molecule has 0 fully saturated rings. The molecule has 1 aromatic carbocycles. The molecule has 0 atom stereocenters. The Hall–Kier alpha value is -3.09. The molecule has 3 rings (SSSR count). The predicted octanol–water partition coefficient (Wildman–Crippen LogP) is 2.46. The molecule has 7 heteroatoms. The summed E-state index contributed by atoms with van der Waals surface area (Å²) in [6.45, 7) is 2.51. The van der Waals surface area contributed by atoms with E-state index in [0.717, 1.165) is 27.7 Å². The molecule has 1 amide bonds. The van der Waals surface area contributed by atoms with Gasteiger partial charge in [0.15, 0.2) is 0 Å². The summed E-state index contributed by atoms with van der Waals surface area (Å²) in [6, 6.07) is 7.89. The second kappa shape index (κ2) is 6.57. The minimum absolute atomic E-state index is 0.348. The van der Waals surface area contributed by atoms with Crippen LogP contribution in [0.4, 0.5) is 10.6 Å². The van der Waals surface area contributed by atoms with Gasteiger partial charge in [-0.05, 0) is 24.1 Å². The molecule has 0 unspecified atom stereocenters. The smallest absolute Gasteiger partial charge is 0.407 e. The Kier molecular flexibility index (Phi) is 4.33. The SMILES string of the molecule is CCOC(=O)NCc1cccc(-c2cn(C)c3ncnc(N)c23)c1. The molecular formula is C17H19N5O2. The molecule has 0 spiro atoms. The maximum Gasteiger partial charge on any atom is 0.407 e. The largest absolute Gasteiger partial charge is 0.450 e. The highest BCUT2D eigenvalue weighted by Gasteiger charge is 2.13. The molecule has 0 radical (unpaired) electrons. The van der Waals surface area contributed by atoms with Crippen LogP contribution in [0.15, 0.2) is 36.8 Å². The normalized spacial score (nSPS) is 10.8. The van der Waals surface area contributed by atoms with E-state index in [1.54, 1.807) is 6.92 Å². The highest BCUT2D eigenvalue weighted by molar-refractivity contribution is 6.00. The highest BCUT2D eigenvalue weighted by Crippen LogP contribution is 2.32. The van der Waals surface area contributed by atoms with Crippen molar-refractivity contribution in [1.82, 2.24) is 19.9 Å². The molecule has 2 aromatic heterocycles. The van der Waals surface area contributed by atoms with Crippen LogP contribution in [0.25, 0.3) is 22.2 Å². The van der Waals surface area contributed by atoms with Crippen molar-refractivity contribution < 1.29 is 9.53 Å². The van der Waals surface area contributed by atoms with E-state index in [2.05, 4.69) is 15.3 Å². The van der Waals surface area contributed by atoms with Crippen molar-refractivity contribution in [3.63, 3.8) is 0 Å². The van der Waals surface area contributed by atoms with Crippen LogP contribution in [0, 0.1) is 0 Å². The van der Waals surface area contributed by atoms with Gasteiger partial charge in [-0.25, -0.2) is 14.8 Å². The quantitative estimate of drug-likeness (QED) is 0.768. The predicted molar refractivity (Wildman–Crippen MR) is 92.2 cm³/mol. The standard InChI is InChI=1S/C17H19N5O2/c1-3-24-17(23)19-8-11-5-4-6-12(7-11)13-9-22(2)16-14(13)15(18)20-10-21-16/h4-7,9-10H,3,8H2,1-2H3,(H,19,23)(H2,18,20,21). The average Bonchev–Trinajstić information content (AvgIpc) is 2.92. The van der Waals surface area contributed by atoms with Crippen LogP contribution in [-0.4, -0.2) is 27.2 Å². The Labute approximate surface area is 139 Å². The van der Waals surface area contributed by atoms with Gasteiger partial charge in [0.2, 0.25) is 0 Å². The van der Waals surface area contributed by atoms with Gasteiger partial charge >= 0.3 is 6.09 Å². The van der Waals surface area contributed by atoms with Crippen LogP contribution < -0.4 is 11.1 Å². The number of alkyl carbamates (subject to hydrolysis) is 1. The van der Waals surface area contributed by atoms with Gasteiger partial charge in [-0.3, -0.25) is 0 Å². The number of rotatable bonds is 4. The fraction of sp³-hybridized carbons (Fsp3) is 0.235. The lowest BCUT2D eigenvalue weighted by molar-refractivity contribution is 0.151. The van der Waals surface area contributed by atoms with E-state index in [1.807, 2.05) is 42.1 Å². The Balaban J connectivity index is 1.94. The number of aromatic nitrogens is 3. The zero-order valence-electron chi connectivity index (χ0n) is 13.6. The van der Waals surface area contributed by atoms with Gasteiger partial charge in [0.05, 0.1) is 12.0 Å². The number of nitrogens with zero attached hydrogens (tertiary/aromatic N) is 3. The van der Waals surface area contributed by atoms with Crippen molar-refractivity contribution in [1.29, 1.82) is 0 Å². The molecule has 0 aliphatic heterocycles. The van der Waals surface area contributed by atoms with Gasteiger partial charge < -0.3 is 20.4 Å². The minimum atomic E-state index is -0.425. The summed E-state index contributed by atoms with van der Waals surface area (Å²) in [5.74, 6) is 0.450. The molecular weight excluding hydrogens is 306 g/mol. The van der Waals surface area contributed by atoms with E-state index in [-0.39, 0.29) is 0 Å². The monoisotopic (exact) mass is 325 g/mol. The first-order valence-electron chi connectivity index (χ1n) is 7.65. The van der Waals surface area contributed by atoms with Crippen molar-refractivity contribution in [3.8, 4) is 11.1 Å². The van der Waals surface area contributed by atoms with E-state index >= 15 is 0 Å². The number of carbonyl (C=O) groups is 1. The number of nitrogens with one attached hydrogen (secondary N) is 1. The Morgan fingerprint density at radius 2 is 2.21 bits per heavy atom. The number of benzene rings is 1. The topological polar surface area (TPSA) is 95.1 Å². The van der Waals surface area contributed by atoms with E-state index in [9.17, 15) is 4.79 Å². The molecule has 0 aliphatic carbocycles. The lowest BCUT2D eigenvalue weighted by Crippen LogP contribution is -2.23. The number of fused-ring (bicyclic) bond motifs is 1. The summed E-state index contributed by atoms with van der Waals surface area (Å²) in [6.07, 6.45) is 3.01. The number of nitrogens with two attached hydrogens (primary N) is 1. The maximum absolute atomic E-state index is 11.4. The molecule has 24 heavy (non-hydrogen) atoms. The Morgan fingerprint density at radius 1 is 1.38 bits per heavy atom. The number of nitrogen functional groups attached to an aromatic ring is 1. The summed E-state index contributed by atoms with van der Waals surface area (Å²) < 4.78 is 6.79. The molecule has 3 aromatic rings. The maximum atomic E-state index is 11.4. The van der Waals surface area contributed by atoms with E-state index in [4.69, 9.17) is 10.5 Å². The van der Waals surface area contributed by atoms with Crippen LogP contribution >= 0.6 is 0 Å². The fourth-order valence-electron chi connectivity index (χ4n) is 2.66. The van der Waals surface area contributed by atoms with Crippen LogP contribution in [0.5, 0.6) is 0 Å². The third-order valence-electron chi connectivity index (χ3n) is 3.73. The van der Waals surface area contributed by atoms with Crippen LogP contribution in [-0.2, 0) is 18.3 Å². The zero-order valence-corrected chi connectivity index (χ0v) is 13.6. The summed E-state index contributed by atoms with van der Waals surface area (Å²) in [4.78, 5) is 19.8. The number of carbonyl (C=O) groups excluding carboxylic acids is 1. The van der Waals surface area contributed by atoms with Crippen molar-refractivity contribution in [3.05, 3.63) is 42.4 Å². The number of aryl methyl sites for hydroxylation is 1. The van der Waals surface area contributed by atoms with Crippen molar-refractivity contribution in [2.24, 2.45) is 7.05 Å². The van der Waals surface area contributed by atoms with Gasteiger partial charge in [-0.1, -0.05) is 18.2 Å². The molecule has 124 valence electrons. The molecule has 0 saturated heterocycles. The number of ether oxygens (including phenoxy) is 1. The summed E-state index contributed by atoms with van der Waals surface area (Å²) in [7, 11) is 1.92. The lowest BCUT2D eigenvalue weighted by Gasteiger charge is -2.07. The fourth-order valence-corrected chi connectivity index (χ4v) is 2.66. The van der Waals surface area contributed by atoms with Crippen molar-refractivity contribution >= 4 is 22.9 Å². The Morgan fingerprint density at radius 3 is 3.00 bits per heavy atom. The van der Waals surface area contributed by atoms with E-state index in [0.29, 0.717) is 19.0 Å². The molecule has 3 N–H and O–H groups in total. The first-order valence-corrected chi connectivity index (χ1v) is 7.65. The minimum Gasteiger partial charge on any atom is -0.450 e. The molecule has 0 aliphatic rings. The van der Waals surface area contributed by atoms with Gasteiger partial charge in [-0.2, -0.15) is 0 Å². The van der Waals surface area contributed by atoms with Crippen LogP contribution in [0.2, 0.25) is 0 Å². The number of hydrogen-bond donors (Lipinski definition) is 2. The third-order valence-corrected chi connectivity index (χ3v) is 3.73. The van der Waals surface area contributed by atoms with Crippen LogP contribution in [0.1, 0.15) is 12.5 Å². The summed E-state index contributed by atoms with van der Waals surface area (Å²) >= 11 is 0. The first-order chi connectivity index (χ1) is 11.6. The van der Waals surface area contributed by atoms with Gasteiger partial charge in [-0.15, -0.1) is 0 Å². The summed E-state index contributed by atoms with van der Waals surface area (Å²) in [5, 5.41) is 3.55. The zero-order chi connectivity index (χ0) is 17.1. The molecule has 0 bridgehead atoms. The van der Waals surface area contributed by atoms with E-state index in [1.165, 1.54) is 6.33 Å². The van der Waals surface area contributed by atoms with E-state index < -0.39 is 6.09 Å².